The first-order valence-corrected chi connectivity index (χ1v) is 8.44. The van der Waals surface area contributed by atoms with Crippen molar-refractivity contribution in [2.45, 2.75) is 31.7 Å². The Morgan fingerprint density at radius 3 is 2.81 bits per heavy atom. The summed E-state index contributed by atoms with van der Waals surface area (Å²) in [5.74, 6) is 0.552. The molecule has 21 heavy (non-hydrogen) atoms. The highest BCUT2D eigenvalue weighted by atomic mass is 79.9. The quantitative estimate of drug-likeness (QED) is 0.875. The molecule has 114 valence electrons. The molecule has 2 N–H and O–H groups in total. The topological polar surface area (TPSA) is 52.6 Å². The van der Waals surface area contributed by atoms with Gasteiger partial charge in [-0.25, -0.2) is 0 Å². The summed E-state index contributed by atoms with van der Waals surface area (Å²) in [5.41, 5.74) is 0.411. The van der Waals surface area contributed by atoms with Crippen molar-refractivity contribution in [2.75, 3.05) is 19.6 Å². The van der Waals surface area contributed by atoms with E-state index in [1.807, 2.05) is 4.90 Å². The number of phenols is 1. The fourth-order valence-corrected chi connectivity index (χ4v) is 3.33. The van der Waals surface area contributed by atoms with Gasteiger partial charge in [0.1, 0.15) is 5.75 Å². The molecule has 0 radical (unpaired) electrons. The Labute approximate surface area is 133 Å². The lowest BCUT2D eigenvalue weighted by molar-refractivity contribution is 0.0701. The number of rotatable bonds is 4. The molecule has 3 rings (SSSR count). The third kappa shape index (κ3) is 3.58. The standard InChI is InChI=1S/C16H21BrN2O2/c17-12-3-6-14(15(20)8-12)16(21)19(13-4-5-13)10-11-2-1-7-18-9-11/h3,6,8,11,13,18,20H,1-2,4-5,7,9-10H2. The zero-order valence-electron chi connectivity index (χ0n) is 12.0. The van der Waals surface area contributed by atoms with Crippen molar-refractivity contribution < 1.29 is 9.90 Å². The molecule has 5 heteroatoms. The van der Waals surface area contributed by atoms with Crippen molar-refractivity contribution in [3.8, 4) is 5.75 Å². The molecule has 1 aliphatic heterocycles. The zero-order valence-corrected chi connectivity index (χ0v) is 13.6. The first-order chi connectivity index (χ1) is 10.1. The Morgan fingerprint density at radius 1 is 1.38 bits per heavy atom. The fraction of sp³-hybridized carbons (Fsp3) is 0.562. The number of nitrogens with zero attached hydrogens (tertiary/aromatic N) is 1. The second kappa shape index (κ2) is 6.36. The summed E-state index contributed by atoms with van der Waals surface area (Å²) in [6.45, 7) is 2.87. The van der Waals surface area contributed by atoms with Gasteiger partial charge in [0.15, 0.2) is 0 Å². The van der Waals surface area contributed by atoms with Crippen LogP contribution >= 0.6 is 15.9 Å². The number of piperidine rings is 1. The number of nitrogens with one attached hydrogen (secondary N) is 1. The molecular formula is C16H21BrN2O2. The second-order valence-electron chi connectivity index (χ2n) is 6.06. The highest BCUT2D eigenvalue weighted by Gasteiger charge is 2.35. The molecule has 1 saturated carbocycles. The molecule has 1 heterocycles. The summed E-state index contributed by atoms with van der Waals surface area (Å²) in [7, 11) is 0. The van der Waals surface area contributed by atoms with Gasteiger partial charge in [-0.3, -0.25) is 4.79 Å². The minimum atomic E-state index is -0.0342. The monoisotopic (exact) mass is 352 g/mol. The van der Waals surface area contributed by atoms with Crippen LogP contribution in [0.2, 0.25) is 0 Å². The minimum Gasteiger partial charge on any atom is -0.507 e. The molecule has 4 nitrogen and oxygen atoms in total. The van der Waals surface area contributed by atoms with Gasteiger partial charge < -0.3 is 15.3 Å². The van der Waals surface area contributed by atoms with Crippen LogP contribution in [0.3, 0.4) is 0 Å². The summed E-state index contributed by atoms with van der Waals surface area (Å²) in [6.07, 6.45) is 4.53. The molecule has 1 aliphatic carbocycles. The van der Waals surface area contributed by atoms with Crippen molar-refractivity contribution >= 4 is 21.8 Å². The van der Waals surface area contributed by atoms with Crippen molar-refractivity contribution in [1.82, 2.24) is 10.2 Å². The van der Waals surface area contributed by atoms with Crippen LogP contribution in [0, 0.1) is 5.92 Å². The van der Waals surface area contributed by atoms with Crippen molar-refractivity contribution in [1.29, 1.82) is 0 Å². The van der Waals surface area contributed by atoms with Gasteiger partial charge in [-0.05, 0) is 62.9 Å². The SMILES string of the molecule is O=C(c1ccc(Br)cc1O)N(CC1CCCNC1)C1CC1. The number of hydrogen-bond donors (Lipinski definition) is 2. The maximum Gasteiger partial charge on any atom is 0.257 e. The second-order valence-corrected chi connectivity index (χ2v) is 6.98. The Kier molecular flexibility index (Phi) is 4.50. The van der Waals surface area contributed by atoms with Crippen molar-refractivity contribution in [3.63, 3.8) is 0 Å². The number of phenolic OH excluding ortho intramolecular Hbond substituents is 1. The van der Waals surface area contributed by atoms with Gasteiger partial charge in [-0.2, -0.15) is 0 Å². The third-order valence-corrected chi connectivity index (χ3v) is 4.79. The van der Waals surface area contributed by atoms with Gasteiger partial charge in [0.05, 0.1) is 5.56 Å². The maximum atomic E-state index is 12.8. The molecule has 0 spiro atoms. The predicted molar refractivity (Wildman–Crippen MR) is 85.5 cm³/mol. The van der Waals surface area contributed by atoms with Crippen molar-refractivity contribution in [3.05, 3.63) is 28.2 Å². The van der Waals surface area contributed by atoms with E-state index in [0.29, 0.717) is 17.5 Å². The minimum absolute atomic E-state index is 0.0342. The largest absolute Gasteiger partial charge is 0.507 e. The Hall–Kier alpha value is -1.07. The molecule has 1 aromatic carbocycles. The molecule has 1 atom stereocenters. The fourth-order valence-electron chi connectivity index (χ4n) is 2.98. The molecular weight excluding hydrogens is 332 g/mol. The van der Waals surface area contributed by atoms with Crippen LogP contribution in [0.1, 0.15) is 36.0 Å². The normalized spacial score (nSPS) is 22.0. The Balaban J connectivity index is 1.75. The van der Waals surface area contributed by atoms with Crippen LogP contribution in [0.15, 0.2) is 22.7 Å². The first-order valence-electron chi connectivity index (χ1n) is 7.65. The van der Waals surface area contributed by atoms with E-state index in [2.05, 4.69) is 21.2 Å². The first kappa shape index (κ1) is 14.9. The van der Waals surface area contributed by atoms with E-state index in [-0.39, 0.29) is 11.7 Å². The number of carbonyl (C=O) groups is 1. The summed E-state index contributed by atoms with van der Waals surface area (Å²) in [4.78, 5) is 14.7. The molecule has 1 aromatic rings. The van der Waals surface area contributed by atoms with E-state index in [9.17, 15) is 9.90 Å². The highest BCUT2D eigenvalue weighted by molar-refractivity contribution is 9.10. The molecule has 1 amide bonds. The summed E-state index contributed by atoms with van der Waals surface area (Å²) < 4.78 is 0.783. The number of amides is 1. The van der Waals surface area contributed by atoms with Gasteiger partial charge in [0.25, 0.3) is 5.91 Å². The van der Waals surface area contributed by atoms with Crippen LogP contribution in [-0.4, -0.2) is 41.6 Å². The van der Waals surface area contributed by atoms with Gasteiger partial charge in [0, 0.05) is 17.1 Å². The highest BCUT2D eigenvalue weighted by Crippen LogP contribution is 2.32. The van der Waals surface area contributed by atoms with E-state index in [1.54, 1.807) is 18.2 Å². The number of hydrogen-bond acceptors (Lipinski definition) is 3. The van der Waals surface area contributed by atoms with E-state index in [0.717, 1.165) is 36.9 Å². The lowest BCUT2D eigenvalue weighted by Gasteiger charge is -2.30. The third-order valence-electron chi connectivity index (χ3n) is 4.29. The molecule has 2 aliphatic rings. The zero-order chi connectivity index (χ0) is 14.8. The smallest absolute Gasteiger partial charge is 0.257 e. The lowest BCUT2D eigenvalue weighted by atomic mass is 9.98. The molecule has 1 unspecified atom stereocenters. The molecule has 0 aromatic heterocycles. The summed E-state index contributed by atoms with van der Waals surface area (Å²) >= 11 is 3.31. The van der Waals surface area contributed by atoms with E-state index in [1.165, 1.54) is 12.8 Å². The Bertz CT molecular complexity index is 525. The number of benzene rings is 1. The van der Waals surface area contributed by atoms with E-state index in [4.69, 9.17) is 0 Å². The average molecular weight is 353 g/mol. The number of carbonyl (C=O) groups excluding carboxylic acids is 1. The maximum absolute atomic E-state index is 12.8. The molecule has 0 bridgehead atoms. The van der Waals surface area contributed by atoms with Crippen LogP contribution in [0.5, 0.6) is 5.75 Å². The van der Waals surface area contributed by atoms with Gasteiger partial charge in [-0.15, -0.1) is 0 Å². The van der Waals surface area contributed by atoms with Gasteiger partial charge in [0.2, 0.25) is 0 Å². The van der Waals surface area contributed by atoms with E-state index >= 15 is 0 Å². The van der Waals surface area contributed by atoms with Crippen LogP contribution < -0.4 is 5.32 Å². The van der Waals surface area contributed by atoms with Gasteiger partial charge >= 0.3 is 0 Å². The molecule has 2 fully saturated rings. The van der Waals surface area contributed by atoms with Crippen LogP contribution in [0.4, 0.5) is 0 Å². The van der Waals surface area contributed by atoms with E-state index < -0.39 is 0 Å². The predicted octanol–water partition coefficient (Wildman–Crippen LogP) is 2.76. The lowest BCUT2D eigenvalue weighted by Crippen LogP contribution is -2.42. The summed E-state index contributed by atoms with van der Waals surface area (Å²) in [5, 5.41) is 13.4. The van der Waals surface area contributed by atoms with Crippen molar-refractivity contribution in [2.24, 2.45) is 5.92 Å². The number of halogens is 1. The average Bonchev–Trinajstić information content (AvgIpc) is 3.30. The van der Waals surface area contributed by atoms with Crippen LogP contribution in [-0.2, 0) is 0 Å². The molecule has 1 saturated heterocycles. The summed E-state index contributed by atoms with van der Waals surface area (Å²) in [6, 6.07) is 5.46. The van der Waals surface area contributed by atoms with Gasteiger partial charge in [-0.1, -0.05) is 15.9 Å². The Morgan fingerprint density at radius 2 is 2.19 bits per heavy atom. The number of aromatic hydroxyl groups is 1. The van der Waals surface area contributed by atoms with Crippen LogP contribution in [0.25, 0.3) is 0 Å².